The Morgan fingerprint density at radius 1 is 1.08 bits per heavy atom. The Balaban J connectivity index is 1.30. The number of nitrogens with one attached hydrogen (secondary N) is 2. The molecular formula is C26H31FN2O6S. The molecule has 2 aromatic rings. The van der Waals surface area contributed by atoms with Crippen LogP contribution in [0.1, 0.15) is 56.4 Å². The summed E-state index contributed by atoms with van der Waals surface area (Å²) in [5, 5.41) is 13.1. The lowest BCUT2D eigenvalue weighted by atomic mass is 9.84. The monoisotopic (exact) mass is 518 g/mol. The molecule has 2 heterocycles. The van der Waals surface area contributed by atoms with E-state index >= 15 is 0 Å². The molecule has 1 aliphatic carbocycles. The number of hydrogen-bond donors (Lipinski definition) is 3. The number of anilines is 1. The summed E-state index contributed by atoms with van der Waals surface area (Å²) in [6.45, 7) is -0.250. The van der Waals surface area contributed by atoms with Crippen molar-refractivity contribution in [2.24, 2.45) is 0 Å². The Hall–Kier alpha value is -2.69. The highest BCUT2D eigenvalue weighted by Gasteiger charge is 2.46. The molecule has 1 amide bonds. The van der Waals surface area contributed by atoms with Gasteiger partial charge in [-0.1, -0.05) is 19.3 Å². The number of rotatable bonds is 7. The minimum absolute atomic E-state index is 0.0472. The van der Waals surface area contributed by atoms with E-state index < -0.39 is 28.0 Å². The van der Waals surface area contributed by atoms with Gasteiger partial charge < -0.3 is 19.9 Å². The quantitative estimate of drug-likeness (QED) is 0.517. The van der Waals surface area contributed by atoms with Gasteiger partial charge in [0.25, 0.3) is 10.0 Å². The van der Waals surface area contributed by atoms with E-state index in [0.29, 0.717) is 17.9 Å². The van der Waals surface area contributed by atoms with Crippen molar-refractivity contribution in [1.29, 1.82) is 0 Å². The van der Waals surface area contributed by atoms with Gasteiger partial charge in [-0.05, 0) is 61.7 Å². The second-order valence-electron chi connectivity index (χ2n) is 9.82. The number of amides is 1. The lowest BCUT2D eigenvalue weighted by Gasteiger charge is -2.37. The van der Waals surface area contributed by atoms with Crippen molar-refractivity contribution in [3.8, 4) is 5.75 Å². The average molecular weight is 519 g/mol. The molecule has 2 fully saturated rings. The molecule has 2 aliphatic heterocycles. The fraction of sp³-hybridized carbons (Fsp3) is 0.500. The summed E-state index contributed by atoms with van der Waals surface area (Å²) in [5.41, 5.74) is 1.15. The Labute approximate surface area is 210 Å². The van der Waals surface area contributed by atoms with Gasteiger partial charge in [-0.2, -0.15) is 0 Å². The third-order valence-corrected chi connectivity index (χ3v) is 8.66. The Morgan fingerprint density at radius 3 is 2.56 bits per heavy atom. The molecule has 3 N–H and O–H groups in total. The second-order valence-corrected chi connectivity index (χ2v) is 11.5. The maximum Gasteiger partial charge on any atom is 0.261 e. The zero-order valence-electron chi connectivity index (χ0n) is 19.9. The SMILES string of the molecule is O=C(C[C@H]1C[C@@H]2c3cc(NS(=O)(=O)c4ccc(F)cc4)ccc3O[C@@H]2[C@H](CO)O1)NC1CCCCC1. The molecular weight excluding hydrogens is 487 g/mol. The fourth-order valence-corrected chi connectivity index (χ4v) is 6.57. The van der Waals surface area contributed by atoms with Crippen LogP contribution in [0.4, 0.5) is 10.1 Å². The minimum Gasteiger partial charge on any atom is -0.487 e. The van der Waals surface area contributed by atoms with E-state index in [-0.39, 0.29) is 41.9 Å². The third-order valence-electron chi connectivity index (χ3n) is 7.26. The van der Waals surface area contributed by atoms with E-state index in [4.69, 9.17) is 9.47 Å². The van der Waals surface area contributed by atoms with Gasteiger partial charge in [-0.15, -0.1) is 0 Å². The van der Waals surface area contributed by atoms with Crippen molar-refractivity contribution in [2.75, 3.05) is 11.3 Å². The maximum atomic E-state index is 13.2. The number of fused-ring (bicyclic) bond motifs is 3. The van der Waals surface area contributed by atoms with Gasteiger partial charge in [0.15, 0.2) is 0 Å². The number of halogens is 1. The van der Waals surface area contributed by atoms with Crippen LogP contribution in [-0.4, -0.2) is 50.4 Å². The van der Waals surface area contributed by atoms with Crippen molar-refractivity contribution in [2.45, 2.75) is 80.1 Å². The average Bonchev–Trinajstić information content (AvgIpc) is 3.22. The molecule has 4 atom stereocenters. The molecule has 0 unspecified atom stereocenters. The van der Waals surface area contributed by atoms with Crippen LogP contribution in [0.5, 0.6) is 5.75 Å². The molecule has 5 rings (SSSR count). The van der Waals surface area contributed by atoms with Crippen LogP contribution in [0.3, 0.4) is 0 Å². The van der Waals surface area contributed by atoms with Gasteiger partial charge in [0.1, 0.15) is 23.8 Å². The summed E-state index contributed by atoms with van der Waals surface area (Å²) in [4.78, 5) is 12.6. The maximum absolute atomic E-state index is 13.2. The topological polar surface area (TPSA) is 114 Å². The Kier molecular flexibility index (Phi) is 7.18. The van der Waals surface area contributed by atoms with Crippen molar-refractivity contribution in [3.63, 3.8) is 0 Å². The highest BCUT2D eigenvalue weighted by atomic mass is 32.2. The summed E-state index contributed by atoms with van der Waals surface area (Å²) in [7, 11) is -3.91. The number of carbonyl (C=O) groups is 1. The molecule has 194 valence electrons. The van der Waals surface area contributed by atoms with Gasteiger partial charge in [-0.25, -0.2) is 12.8 Å². The highest BCUT2D eigenvalue weighted by Crippen LogP contribution is 2.47. The van der Waals surface area contributed by atoms with Crippen molar-refractivity contribution >= 4 is 21.6 Å². The van der Waals surface area contributed by atoms with Crippen LogP contribution in [0, 0.1) is 5.82 Å². The summed E-state index contributed by atoms with van der Waals surface area (Å²) in [5.74, 6) is -0.130. The molecule has 10 heteroatoms. The van der Waals surface area contributed by atoms with Crippen LogP contribution in [0.25, 0.3) is 0 Å². The largest absolute Gasteiger partial charge is 0.487 e. The molecule has 0 bridgehead atoms. The molecule has 2 aromatic carbocycles. The Bertz CT molecular complexity index is 1200. The second kappa shape index (κ2) is 10.4. The molecule has 8 nitrogen and oxygen atoms in total. The van der Waals surface area contributed by atoms with Crippen LogP contribution in [0.2, 0.25) is 0 Å². The summed E-state index contributed by atoms with van der Waals surface area (Å²) >= 11 is 0. The predicted molar refractivity (Wildman–Crippen MR) is 131 cm³/mol. The normalized spacial score (nSPS) is 25.9. The first kappa shape index (κ1) is 25.0. The van der Waals surface area contributed by atoms with E-state index in [1.54, 1.807) is 18.2 Å². The number of ether oxygens (including phenoxy) is 2. The van der Waals surface area contributed by atoms with Gasteiger partial charge in [0.2, 0.25) is 5.91 Å². The zero-order valence-corrected chi connectivity index (χ0v) is 20.7. The summed E-state index contributed by atoms with van der Waals surface area (Å²) in [6.07, 6.45) is 4.77. The van der Waals surface area contributed by atoms with E-state index in [9.17, 15) is 22.7 Å². The van der Waals surface area contributed by atoms with Gasteiger partial charge >= 0.3 is 0 Å². The molecule has 1 saturated carbocycles. The van der Waals surface area contributed by atoms with Crippen LogP contribution < -0.4 is 14.8 Å². The number of sulfonamides is 1. The molecule has 36 heavy (non-hydrogen) atoms. The van der Waals surface area contributed by atoms with E-state index in [2.05, 4.69) is 10.0 Å². The predicted octanol–water partition coefficient (Wildman–Crippen LogP) is 3.46. The summed E-state index contributed by atoms with van der Waals surface area (Å²) < 4.78 is 53.4. The Morgan fingerprint density at radius 2 is 1.83 bits per heavy atom. The van der Waals surface area contributed by atoms with Gasteiger partial charge in [0, 0.05) is 23.2 Å². The molecule has 0 radical (unpaired) electrons. The van der Waals surface area contributed by atoms with Crippen LogP contribution in [-0.2, 0) is 19.6 Å². The smallest absolute Gasteiger partial charge is 0.261 e. The first-order valence-electron chi connectivity index (χ1n) is 12.5. The van der Waals surface area contributed by atoms with Crippen LogP contribution >= 0.6 is 0 Å². The first-order valence-corrected chi connectivity index (χ1v) is 14.0. The van der Waals surface area contributed by atoms with E-state index in [0.717, 1.165) is 43.4 Å². The highest BCUT2D eigenvalue weighted by molar-refractivity contribution is 7.92. The lowest BCUT2D eigenvalue weighted by Crippen LogP contribution is -2.48. The van der Waals surface area contributed by atoms with Gasteiger partial charge in [0.05, 0.1) is 24.0 Å². The fourth-order valence-electron chi connectivity index (χ4n) is 5.52. The number of aliphatic hydroxyl groups excluding tert-OH is 1. The zero-order chi connectivity index (χ0) is 25.3. The number of carbonyl (C=O) groups excluding carboxylic acids is 1. The standard InChI is InChI=1S/C26H31FN2O6S/c27-16-6-9-20(10-7-16)36(32,33)29-18-8-11-23-21(12-18)22-13-19(34-24(15-30)26(22)35-23)14-25(31)28-17-4-2-1-3-5-17/h6-12,17,19,22,24,26,29-30H,1-5,13-15H2,(H,28,31)/t19-,22-,24+,26+/m1/s1. The minimum atomic E-state index is -3.91. The van der Waals surface area contributed by atoms with Crippen LogP contribution in [0.15, 0.2) is 47.4 Å². The number of hydrogen-bond acceptors (Lipinski definition) is 6. The molecule has 0 spiro atoms. The van der Waals surface area contributed by atoms with Crippen molar-refractivity contribution < 1.29 is 32.2 Å². The van der Waals surface area contributed by atoms with Gasteiger partial charge in [-0.3, -0.25) is 9.52 Å². The third kappa shape index (κ3) is 5.35. The number of aliphatic hydroxyl groups is 1. The summed E-state index contributed by atoms with van der Waals surface area (Å²) in [6, 6.07) is 9.82. The van der Waals surface area contributed by atoms with Crippen molar-refractivity contribution in [1.82, 2.24) is 5.32 Å². The number of benzene rings is 2. The van der Waals surface area contributed by atoms with E-state index in [1.165, 1.54) is 18.6 Å². The first-order chi connectivity index (χ1) is 17.3. The molecule has 0 aromatic heterocycles. The van der Waals surface area contributed by atoms with Crippen molar-refractivity contribution in [3.05, 3.63) is 53.8 Å². The molecule has 3 aliphatic rings. The van der Waals surface area contributed by atoms with E-state index in [1.807, 2.05) is 0 Å². The molecule has 1 saturated heterocycles. The lowest BCUT2D eigenvalue weighted by molar-refractivity contribution is -0.142.